The highest BCUT2D eigenvalue weighted by atomic mass is 79.9. The number of halogens is 1. The molecule has 1 unspecified atom stereocenters. The van der Waals surface area contributed by atoms with Crippen LogP contribution in [0.1, 0.15) is 56.4 Å². The van der Waals surface area contributed by atoms with Crippen molar-refractivity contribution in [3.05, 3.63) is 34.3 Å². The highest BCUT2D eigenvalue weighted by Crippen LogP contribution is 2.35. The maximum Gasteiger partial charge on any atom is 0.0178 e. The van der Waals surface area contributed by atoms with E-state index in [-0.39, 0.29) is 0 Å². The van der Waals surface area contributed by atoms with E-state index >= 15 is 0 Å². The van der Waals surface area contributed by atoms with Gasteiger partial charge >= 0.3 is 0 Å². The van der Waals surface area contributed by atoms with Gasteiger partial charge < -0.3 is 5.32 Å². The van der Waals surface area contributed by atoms with Crippen molar-refractivity contribution in [2.24, 2.45) is 5.92 Å². The largest absolute Gasteiger partial charge is 0.313 e. The number of rotatable bonds is 6. The molecule has 3 rings (SSSR count). The van der Waals surface area contributed by atoms with Crippen molar-refractivity contribution < 1.29 is 0 Å². The minimum atomic E-state index is 0.696. The predicted molar refractivity (Wildman–Crippen MR) is 84.5 cm³/mol. The second-order valence-electron chi connectivity index (χ2n) is 6.32. The second kappa shape index (κ2) is 6.41. The lowest BCUT2D eigenvalue weighted by Crippen LogP contribution is -2.24. The third kappa shape index (κ3) is 4.06. The van der Waals surface area contributed by atoms with E-state index < -0.39 is 0 Å². The fraction of sp³-hybridized carbons (Fsp3) is 0.647. The first kappa shape index (κ1) is 13.6. The molecule has 1 aromatic rings. The normalized spacial score (nSPS) is 21.7. The molecule has 0 heterocycles. The van der Waals surface area contributed by atoms with Crippen LogP contribution in [0.25, 0.3) is 0 Å². The smallest absolute Gasteiger partial charge is 0.0178 e. The highest BCUT2D eigenvalue weighted by molar-refractivity contribution is 9.10. The summed E-state index contributed by atoms with van der Waals surface area (Å²) in [5, 5.41) is 3.73. The molecule has 0 amide bonds. The van der Waals surface area contributed by atoms with Crippen molar-refractivity contribution in [1.29, 1.82) is 0 Å². The Balaban J connectivity index is 1.66. The first-order chi connectivity index (χ1) is 9.31. The first-order valence-corrected chi connectivity index (χ1v) is 8.59. The number of nitrogens with one attached hydrogen (secondary N) is 1. The summed E-state index contributed by atoms with van der Waals surface area (Å²) in [6.07, 6.45) is 9.94. The molecule has 1 atom stereocenters. The van der Waals surface area contributed by atoms with Gasteiger partial charge in [-0.25, -0.2) is 0 Å². The van der Waals surface area contributed by atoms with E-state index in [2.05, 4.69) is 45.5 Å². The van der Waals surface area contributed by atoms with Gasteiger partial charge in [0.2, 0.25) is 0 Å². The van der Waals surface area contributed by atoms with Crippen LogP contribution in [-0.2, 0) is 0 Å². The summed E-state index contributed by atoms with van der Waals surface area (Å²) in [6, 6.07) is 9.74. The fourth-order valence-corrected chi connectivity index (χ4v) is 3.76. The number of hydrogen-bond acceptors (Lipinski definition) is 1. The molecule has 19 heavy (non-hydrogen) atoms. The quantitative estimate of drug-likeness (QED) is 0.788. The summed E-state index contributed by atoms with van der Waals surface area (Å²) >= 11 is 3.62. The molecule has 0 aromatic heterocycles. The van der Waals surface area contributed by atoms with Gasteiger partial charge in [-0.3, -0.25) is 0 Å². The summed E-state index contributed by atoms with van der Waals surface area (Å²) in [4.78, 5) is 0. The van der Waals surface area contributed by atoms with Gasteiger partial charge in [-0.1, -0.05) is 53.7 Å². The fourth-order valence-electron chi connectivity index (χ4n) is 3.34. The van der Waals surface area contributed by atoms with Crippen molar-refractivity contribution in [2.45, 2.75) is 56.9 Å². The van der Waals surface area contributed by atoms with Gasteiger partial charge in [0, 0.05) is 17.1 Å². The van der Waals surface area contributed by atoms with Crippen LogP contribution in [0, 0.1) is 5.92 Å². The van der Waals surface area contributed by atoms with E-state index in [0.717, 1.165) is 18.5 Å². The van der Waals surface area contributed by atoms with Crippen molar-refractivity contribution in [3.8, 4) is 0 Å². The number of hydrogen-bond donors (Lipinski definition) is 1. The van der Waals surface area contributed by atoms with E-state index in [1.54, 1.807) is 0 Å². The van der Waals surface area contributed by atoms with Crippen LogP contribution in [0.5, 0.6) is 0 Å². The minimum Gasteiger partial charge on any atom is -0.313 e. The van der Waals surface area contributed by atoms with Crippen LogP contribution in [0.2, 0.25) is 0 Å². The SMILES string of the molecule is Brc1cccc(C(CNC2CC2)CC2CCCC2)c1. The monoisotopic (exact) mass is 321 g/mol. The third-order valence-electron chi connectivity index (χ3n) is 4.64. The predicted octanol–water partition coefficient (Wildman–Crippen LogP) is 4.87. The molecule has 1 nitrogen and oxygen atoms in total. The minimum absolute atomic E-state index is 0.696. The standard InChI is InChI=1S/C17H24BrN/c18-16-7-3-6-14(11-16)15(12-19-17-8-9-17)10-13-4-1-2-5-13/h3,6-7,11,13,15,17,19H,1-2,4-5,8-10,12H2. The summed E-state index contributed by atoms with van der Waals surface area (Å²) in [6.45, 7) is 1.16. The zero-order valence-electron chi connectivity index (χ0n) is 11.6. The highest BCUT2D eigenvalue weighted by Gasteiger charge is 2.25. The van der Waals surface area contributed by atoms with Gasteiger partial charge in [-0.2, -0.15) is 0 Å². The Hall–Kier alpha value is -0.340. The maximum absolute atomic E-state index is 3.73. The average molecular weight is 322 g/mol. The summed E-state index contributed by atoms with van der Waals surface area (Å²) in [5.41, 5.74) is 1.51. The zero-order valence-corrected chi connectivity index (χ0v) is 13.2. The molecule has 2 saturated carbocycles. The first-order valence-electron chi connectivity index (χ1n) is 7.80. The van der Waals surface area contributed by atoms with Gasteiger partial charge in [0.15, 0.2) is 0 Å². The summed E-state index contributed by atoms with van der Waals surface area (Å²) < 4.78 is 1.22. The maximum atomic E-state index is 3.73. The lowest BCUT2D eigenvalue weighted by molar-refractivity contribution is 0.426. The molecular weight excluding hydrogens is 298 g/mol. The Kier molecular flexibility index (Phi) is 4.60. The lowest BCUT2D eigenvalue weighted by Gasteiger charge is -2.22. The summed E-state index contributed by atoms with van der Waals surface area (Å²) in [7, 11) is 0. The van der Waals surface area contributed by atoms with Crippen molar-refractivity contribution >= 4 is 15.9 Å². The topological polar surface area (TPSA) is 12.0 Å². The molecule has 2 fully saturated rings. The average Bonchev–Trinajstić information content (AvgIpc) is 3.10. The van der Waals surface area contributed by atoms with Crippen LogP contribution < -0.4 is 5.32 Å². The molecule has 1 N–H and O–H groups in total. The van der Waals surface area contributed by atoms with Crippen molar-refractivity contribution in [3.63, 3.8) is 0 Å². The van der Waals surface area contributed by atoms with Crippen LogP contribution in [-0.4, -0.2) is 12.6 Å². The molecule has 2 heteroatoms. The third-order valence-corrected chi connectivity index (χ3v) is 5.14. The molecule has 104 valence electrons. The Morgan fingerprint density at radius 2 is 1.95 bits per heavy atom. The van der Waals surface area contributed by atoms with Crippen LogP contribution in [0.4, 0.5) is 0 Å². The number of benzene rings is 1. The Labute approximate surface area is 125 Å². The van der Waals surface area contributed by atoms with Crippen LogP contribution in [0.15, 0.2) is 28.7 Å². The van der Waals surface area contributed by atoms with E-state index in [4.69, 9.17) is 0 Å². The van der Waals surface area contributed by atoms with Crippen LogP contribution in [0.3, 0.4) is 0 Å². The van der Waals surface area contributed by atoms with E-state index in [1.807, 2.05) is 0 Å². The van der Waals surface area contributed by atoms with E-state index in [9.17, 15) is 0 Å². The van der Waals surface area contributed by atoms with E-state index in [0.29, 0.717) is 5.92 Å². The molecule has 2 aliphatic carbocycles. The summed E-state index contributed by atoms with van der Waals surface area (Å²) in [5.74, 6) is 1.66. The second-order valence-corrected chi connectivity index (χ2v) is 7.24. The molecule has 2 aliphatic rings. The zero-order chi connectivity index (χ0) is 13.1. The van der Waals surface area contributed by atoms with Crippen molar-refractivity contribution in [2.75, 3.05) is 6.54 Å². The molecule has 0 aliphatic heterocycles. The Morgan fingerprint density at radius 1 is 1.16 bits per heavy atom. The van der Waals surface area contributed by atoms with Gasteiger partial charge in [0.25, 0.3) is 0 Å². The molecule has 0 radical (unpaired) electrons. The Morgan fingerprint density at radius 3 is 2.63 bits per heavy atom. The van der Waals surface area contributed by atoms with Gasteiger partial charge in [-0.15, -0.1) is 0 Å². The van der Waals surface area contributed by atoms with Gasteiger partial charge in [-0.05, 0) is 48.8 Å². The van der Waals surface area contributed by atoms with Gasteiger partial charge in [0.05, 0.1) is 0 Å². The molecular formula is C17H24BrN. The Bertz CT molecular complexity index is 407. The molecule has 0 saturated heterocycles. The van der Waals surface area contributed by atoms with Crippen molar-refractivity contribution in [1.82, 2.24) is 5.32 Å². The molecule has 0 bridgehead atoms. The molecule has 1 aromatic carbocycles. The molecule has 0 spiro atoms. The van der Waals surface area contributed by atoms with E-state index in [1.165, 1.54) is 55.0 Å². The lowest BCUT2D eigenvalue weighted by atomic mass is 9.88. The van der Waals surface area contributed by atoms with Crippen LogP contribution >= 0.6 is 15.9 Å². The van der Waals surface area contributed by atoms with Gasteiger partial charge in [0.1, 0.15) is 0 Å².